The number of nitrogens with two attached hydrogens (primary N) is 1. The predicted molar refractivity (Wildman–Crippen MR) is 119 cm³/mol. The van der Waals surface area contributed by atoms with Crippen molar-refractivity contribution in [3.8, 4) is 5.75 Å². The SMILES string of the molecule is COc1cc(N)c(C)cc1C(=O)NC1CCN(CCCc2ccc(C)cc2)CC1. The maximum absolute atomic E-state index is 12.7. The van der Waals surface area contributed by atoms with Crippen molar-refractivity contribution in [2.24, 2.45) is 0 Å². The molecular weight excluding hydrogens is 362 g/mol. The first-order chi connectivity index (χ1) is 14.0. The van der Waals surface area contributed by atoms with Crippen LogP contribution in [0.25, 0.3) is 0 Å². The van der Waals surface area contributed by atoms with Gasteiger partial charge in [-0.3, -0.25) is 4.79 Å². The highest BCUT2D eigenvalue weighted by molar-refractivity contribution is 5.98. The van der Waals surface area contributed by atoms with Gasteiger partial charge in [-0.15, -0.1) is 0 Å². The van der Waals surface area contributed by atoms with E-state index in [4.69, 9.17) is 10.5 Å². The third-order valence-electron chi connectivity index (χ3n) is 5.82. The number of nitrogens with one attached hydrogen (secondary N) is 1. The molecule has 1 fully saturated rings. The number of methoxy groups -OCH3 is 1. The zero-order valence-electron chi connectivity index (χ0n) is 17.8. The van der Waals surface area contributed by atoms with Crippen molar-refractivity contribution in [1.82, 2.24) is 10.2 Å². The van der Waals surface area contributed by atoms with Gasteiger partial charge in [0.05, 0.1) is 12.7 Å². The highest BCUT2D eigenvalue weighted by atomic mass is 16.5. The second kappa shape index (κ2) is 9.79. The third kappa shape index (κ3) is 5.73. The number of carbonyl (C=O) groups is 1. The lowest BCUT2D eigenvalue weighted by Gasteiger charge is -2.32. The number of hydrogen-bond acceptors (Lipinski definition) is 4. The van der Waals surface area contributed by atoms with E-state index < -0.39 is 0 Å². The van der Waals surface area contributed by atoms with Crippen LogP contribution < -0.4 is 15.8 Å². The first-order valence-corrected chi connectivity index (χ1v) is 10.5. The fourth-order valence-electron chi connectivity index (χ4n) is 3.88. The van der Waals surface area contributed by atoms with Gasteiger partial charge in [0.15, 0.2) is 0 Å². The number of ether oxygens (including phenoxy) is 1. The second-order valence-corrected chi connectivity index (χ2v) is 8.09. The van der Waals surface area contributed by atoms with Gasteiger partial charge in [0, 0.05) is 30.9 Å². The van der Waals surface area contributed by atoms with Gasteiger partial charge >= 0.3 is 0 Å². The van der Waals surface area contributed by atoms with Crippen molar-refractivity contribution >= 4 is 11.6 Å². The van der Waals surface area contributed by atoms with Crippen molar-refractivity contribution < 1.29 is 9.53 Å². The molecule has 2 aromatic rings. The minimum atomic E-state index is -0.0808. The Bertz CT molecular complexity index is 825. The number of benzene rings is 2. The van der Waals surface area contributed by atoms with E-state index in [9.17, 15) is 4.79 Å². The van der Waals surface area contributed by atoms with Crippen LogP contribution in [0.15, 0.2) is 36.4 Å². The summed E-state index contributed by atoms with van der Waals surface area (Å²) >= 11 is 0. The van der Waals surface area contributed by atoms with E-state index in [1.54, 1.807) is 13.2 Å². The van der Waals surface area contributed by atoms with Crippen LogP contribution in [0.5, 0.6) is 5.75 Å². The summed E-state index contributed by atoms with van der Waals surface area (Å²) < 4.78 is 5.35. The first kappa shape index (κ1) is 21.2. The predicted octanol–water partition coefficient (Wildman–Crippen LogP) is 3.72. The molecule has 5 nitrogen and oxygen atoms in total. The number of aryl methyl sites for hydroxylation is 3. The third-order valence-corrected chi connectivity index (χ3v) is 5.82. The number of likely N-dealkylation sites (tertiary alicyclic amines) is 1. The first-order valence-electron chi connectivity index (χ1n) is 10.5. The van der Waals surface area contributed by atoms with E-state index in [1.807, 2.05) is 13.0 Å². The van der Waals surface area contributed by atoms with Gasteiger partial charge in [-0.1, -0.05) is 29.8 Å². The summed E-state index contributed by atoms with van der Waals surface area (Å²) in [6.45, 7) is 7.19. The molecule has 1 aliphatic heterocycles. The molecule has 156 valence electrons. The average Bonchev–Trinajstić information content (AvgIpc) is 2.72. The molecule has 1 aliphatic rings. The summed E-state index contributed by atoms with van der Waals surface area (Å²) in [7, 11) is 1.57. The van der Waals surface area contributed by atoms with Crippen molar-refractivity contribution in [2.75, 3.05) is 32.5 Å². The lowest BCUT2D eigenvalue weighted by atomic mass is 10.0. The van der Waals surface area contributed by atoms with Gasteiger partial charge in [0.1, 0.15) is 5.75 Å². The standard InChI is InChI=1S/C24H33N3O2/c1-17-6-8-19(9-7-17)5-4-12-27-13-10-20(11-14-27)26-24(28)21-15-18(2)22(25)16-23(21)29-3/h6-9,15-16,20H,4-5,10-14,25H2,1-3H3,(H,26,28). The van der Waals surface area contributed by atoms with Crippen LogP contribution in [0.2, 0.25) is 0 Å². The Hall–Kier alpha value is -2.53. The molecule has 0 radical (unpaired) electrons. The monoisotopic (exact) mass is 395 g/mol. The van der Waals surface area contributed by atoms with Gasteiger partial charge in [0.2, 0.25) is 0 Å². The normalized spacial score (nSPS) is 15.3. The summed E-state index contributed by atoms with van der Waals surface area (Å²) in [5, 5.41) is 3.18. The maximum atomic E-state index is 12.7. The minimum Gasteiger partial charge on any atom is -0.496 e. The smallest absolute Gasteiger partial charge is 0.255 e. The van der Waals surface area contributed by atoms with Gasteiger partial charge in [-0.25, -0.2) is 0 Å². The number of nitrogens with zero attached hydrogens (tertiary/aromatic N) is 1. The Morgan fingerprint density at radius 3 is 2.52 bits per heavy atom. The van der Waals surface area contributed by atoms with E-state index in [0.717, 1.165) is 44.5 Å². The molecule has 1 amide bonds. The maximum Gasteiger partial charge on any atom is 0.255 e. The van der Waals surface area contributed by atoms with Crippen LogP contribution in [0.4, 0.5) is 5.69 Å². The van der Waals surface area contributed by atoms with Crippen molar-refractivity contribution in [3.05, 3.63) is 58.7 Å². The Morgan fingerprint density at radius 2 is 1.86 bits per heavy atom. The van der Waals surface area contributed by atoms with Gasteiger partial charge in [0.25, 0.3) is 5.91 Å². The Morgan fingerprint density at radius 1 is 1.17 bits per heavy atom. The van der Waals surface area contributed by atoms with Crippen molar-refractivity contribution in [2.45, 2.75) is 45.6 Å². The Balaban J connectivity index is 1.44. The number of nitrogen functional groups attached to an aromatic ring is 1. The fourth-order valence-corrected chi connectivity index (χ4v) is 3.88. The van der Waals surface area contributed by atoms with E-state index in [1.165, 1.54) is 17.5 Å². The second-order valence-electron chi connectivity index (χ2n) is 8.09. The van der Waals surface area contributed by atoms with Crippen LogP contribution in [-0.2, 0) is 6.42 Å². The van der Waals surface area contributed by atoms with E-state index in [2.05, 4.69) is 41.4 Å². The number of piperidine rings is 1. The number of amides is 1. The molecule has 0 spiro atoms. The lowest BCUT2D eigenvalue weighted by Crippen LogP contribution is -2.45. The van der Waals surface area contributed by atoms with Gasteiger partial charge in [-0.05, 0) is 63.3 Å². The van der Waals surface area contributed by atoms with Crippen LogP contribution in [-0.4, -0.2) is 43.6 Å². The van der Waals surface area contributed by atoms with Crippen LogP contribution in [0.1, 0.15) is 46.3 Å². The molecule has 0 bridgehead atoms. The molecule has 2 aromatic carbocycles. The number of anilines is 1. The molecule has 5 heteroatoms. The van der Waals surface area contributed by atoms with E-state index in [-0.39, 0.29) is 11.9 Å². The Kier molecular flexibility index (Phi) is 7.15. The van der Waals surface area contributed by atoms with Crippen LogP contribution in [0.3, 0.4) is 0 Å². The molecule has 3 rings (SSSR count). The highest BCUT2D eigenvalue weighted by Gasteiger charge is 2.22. The molecule has 0 aromatic heterocycles. The summed E-state index contributed by atoms with van der Waals surface area (Å²) in [4.78, 5) is 15.2. The van der Waals surface area contributed by atoms with Crippen LogP contribution >= 0.6 is 0 Å². The molecule has 1 saturated heterocycles. The average molecular weight is 396 g/mol. The molecule has 3 N–H and O–H groups in total. The van der Waals surface area contributed by atoms with Gasteiger partial charge in [-0.2, -0.15) is 0 Å². The summed E-state index contributed by atoms with van der Waals surface area (Å²) in [6.07, 6.45) is 4.24. The molecule has 29 heavy (non-hydrogen) atoms. The highest BCUT2D eigenvalue weighted by Crippen LogP contribution is 2.25. The zero-order chi connectivity index (χ0) is 20.8. The summed E-state index contributed by atoms with van der Waals surface area (Å²) in [5.74, 6) is 0.446. The fraction of sp³-hybridized carbons (Fsp3) is 0.458. The van der Waals surface area contributed by atoms with Gasteiger partial charge < -0.3 is 20.7 Å². The largest absolute Gasteiger partial charge is 0.496 e. The molecule has 1 heterocycles. The molecule has 0 aliphatic carbocycles. The Labute approximate surface area is 174 Å². The molecule has 0 atom stereocenters. The molecular formula is C24H33N3O2. The number of hydrogen-bond donors (Lipinski definition) is 2. The minimum absolute atomic E-state index is 0.0808. The topological polar surface area (TPSA) is 67.6 Å². The number of rotatable bonds is 7. The zero-order valence-corrected chi connectivity index (χ0v) is 17.8. The lowest BCUT2D eigenvalue weighted by molar-refractivity contribution is 0.0907. The van der Waals surface area contributed by atoms with Crippen LogP contribution in [0, 0.1) is 13.8 Å². The number of carbonyl (C=O) groups excluding carboxylic acids is 1. The molecule has 0 unspecified atom stereocenters. The van der Waals surface area contributed by atoms with E-state index >= 15 is 0 Å². The van der Waals surface area contributed by atoms with E-state index in [0.29, 0.717) is 17.0 Å². The summed E-state index contributed by atoms with van der Waals surface area (Å²) in [5.41, 5.74) is 10.7. The van der Waals surface area contributed by atoms with Crippen molar-refractivity contribution in [3.63, 3.8) is 0 Å². The molecule has 0 saturated carbocycles. The van der Waals surface area contributed by atoms with Crippen molar-refractivity contribution in [1.29, 1.82) is 0 Å². The summed E-state index contributed by atoms with van der Waals surface area (Å²) in [6, 6.07) is 12.6. The quantitative estimate of drug-likeness (QED) is 0.701.